The minimum absolute atomic E-state index is 0.160. The normalized spacial score (nSPS) is 16.6. The van der Waals surface area contributed by atoms with Crippen LogP contribution in [-0.4, -0.2) is 40.6 Å². The Hall–Kier alpha value is -1.43. The molecule has 2 rings (SSSR count). The van der Waals surface area contributed by atoms with E-state index in [4.69, 9.17) is 4.52 Å². The average Bonchev–Trinajstić information content (AvgIpc) is 2.63. The summed E-state index contributed by atoms with van der Waals surface area (Å²) in [6.07, 6.45) is 4.71. The van der Waals surface area contributed by atoms with Gasteiger partial charge >= 0.3 is 0 Å². The highest BCUT2D eigenvalue weighted by Gasteiger charge is 2.15. The summed E-state index contributed by atoms with van der Waals surface area (Å²) in [7, 11) is 0. The van der Waals surface area contributed by atoms with Crippen LogP contribution >= 0.6 is 0 Å². The third-order valence-corrected chi connectivity index (χ3v) is 3.08. The van der Waals surface area contributed by atoms with Crippen LogP contribution < -0.4 is 5.32 Å². The van der Waals surface area contributed by atoms with E-state index in [-0.39, 0.29) is 5.91 Å². The predicted octanol–water partition coefficient (Wildman–Crippen LogP) is 0.870. The molecule has 6 heteroatoms. The summed E-state index contributed by atoms with van der Waals surface area (Å²) in [6.45, 7) is 4.33. The second-order valence-corrected chi connectivity index (χ2v) is 4.63. The van der Waals surface area contributed by atoms with Gasteiger partial charge in [0.25, 0.3) is 0 Å². The van der Waals surface area contributed by atoms with Crippen molar-refractivity contribution in [1.82, 2.24) is 20.4 Å². The smallest absolute Gasteiger partial charge is 0.240 e. The van der Waals surface area contributed by atoms with Crippen molar-refractivity contribution in [2.24, 2.45) is 0 Å². The number of aromatic nitrogens is 2. The first-order chi connectivity index (χ1) is 8.75. The zero-order valence-corrected chi connectivity index (χ0v) is 10.8. The van der Waals surface area contributed by atoms with Crippen molar-refractivity contribution >= 4 is 5.91 Å². The molecule has 0 aromatic carbocycles. The quantitative estimate of drug-likeness (QED) is 0.861. The van der Waals surface area contributed by atoms with Crippen LogP contribution in [0.3, 0.4) is 0 Å². The summed E-state index contributed by atoms with van der Waals surface area (Å²) in [6, 6.07) is 0. The molecule has 0 atom stereocenters. The number of amides is 1. The number of likely N-dealkylation sites (tertiary alicyclic amines) is 1. The maximum Gasteiger partial charge on any atom is 0.240 e. The van der Waals surface area contributed by atoms with Crippen LogP contribution in [0.4, 0.5) is 0 Å². The lowest BCUT2D eigenvalue weighted by atomic mass is 10.2. The van der Waals surface area contributed by atoms with Crippen LogP contribution in [0.15, 0.2) is 4.52 Å². The first-order valence-electron chi connectivity index (χ1n) is 6.53. The molecule has 100 valence electrons. The minimum atomic E-state index is 0.160. The highest BCUT2D eigenvalue weighted by molar-refractivity contribution is 5.78. The molecule has 1 aliphatic rings. The van der Waals surface area contributed by atoms with Gasteiger partial charge in [-0.15, -0.1) is 0 Å². The van der Waals surface area contributed by atoms with Crippen LogP contribution in [0.1, 0.15) is 37.4 Å². The van der Waals surface area contributed by atoms with Gasteiger partial charge in [0.2, 0.25) is 11.8 Å². The van der Waals surface area contributed by atoms with E-state index >= 15 is 0 Å². The number of rotatable bonds is 4. The Bertz CT molecular complexity index is 383. The van der Waals surface area contributed by atoms with E-state index in [0.717, 1.165) is 25.9 Å². The Morgan fingerprint density at radius 3 is 2.67 bits per heavy atom. The van der Waals surface area contributed by atoms with Crippen LogP contribution in [-0.2, 0) is 11.3 Å². The zero-order chi connectivity index (χ0) is 12.8. The van der Waals surface area contributed by atoms with E-state index in [0.29, 0.717) is 24.8 Å². The highest BCUT2D eigenvalue weighted by Crippen LogP contribution is 2.09. The molecule has 18 heavy (non-hydrogen) atoms. The van der Waals surface area contributed by atoms with Crippen molar-refractivity contribution < 1.29 is 9.32 Å². The lowest BCUT2D eigenvalue weighted by Gasteiger charge is -2.20. The van der Waals surface area contributed by atoms with Crippen molar-refractivity contribution in [2.75, 3.05) is 19.6 Å². The molecule has 1 fully saturated rings. The SMILES string of the molecule is Cc1noc(CNCC(=O)N2CCCCCC2)n1. The number of nitrogens with one attached hydrogen (secondary N) is 1. The molecule has 6 nitrogen and oxygen atoms in total. The van der Waals surface area contributed by atoms with Gasteiger partial charge < -0.3 is 9.42 Å². The van der Waals surface area contributed by atoms with Crippen molar-refractivity contribution in [1.29, 1.82) is 0 Å². The first-order valence-corrected chi connectivity index (χ1v) is 6.53. The molecular formula is C12H20N4O2. The number of nitrogens with zero attached hydrogens (tertiary/aromatic N) is 3. The minimum Gasteiger partial charge on any atom is -0.342 e. The molecule has 0 bridgehead atoms. The number of aryl methyl sites for hydroxylation is 1. The molecular weight excluding hydrogens is 232 g/mol. The van der Waals surface area contributed by atoms with Crippen molar-refractivity contribution in [2.45, 2.75) is 39.2 Å². The van der Waals surface area contributed by atoms with Gasteiger partial charge in [0.15, 0.2) is 5.82 Å². The van der Waals surface area contributed by atoms with Gasteiger partial charge in [0.1, 0.15) is 0 Å². The molecule has 0 saturated carbocycles. The van der Waals surface area contributed by atoms with Crippen LogP contribution in [0.5, 0.6) is 0 Å². The third-order valence-electron chi connectivity index (χ3n) is 3.08. The maximum absolute atomic E-state index is 11.9. The Kier molecular flexibility index (Phi) is 4.69. The molecule has 1 aromatic heterocycles. The van der Waals surface area contributed by atoms with E-state index in [2.05, 4.69) is 15.5 Å². The molecule has 1 saturated heterocycles. The molecule has 1 aromatic rings. The van der Waals surface area contributed by atoms with Gasteiger partial charge in [-0.2, -0.15) is 4.98 Å². The second kappa shape index (κ2) is 6.49. The molecule has 0 unspecified atom stereocenters. The molecule has 0 aliphatic carbocycles. The fraction of sp³-hybridized carbons (Fsp3) is 0.750. The lowest BCUT2D eigenvalue weighted by molar-refractivity contribution is -0.130. The largest absolute Gasteiger partial charge is 0.342 e. The number of carbonyl (C=O) groups excluding carboxylic acids is 1. The van der Waals surface area contributed by atoms with E-state index in [1.807, 2.05) is 4.90 Å². The summed E-state index contributed by atoms with van der Waals surface area (Å²) in [5.74, 6) is 1.30. The highest BCUT2D eigenvalue weighted by atomic mass is 16.5. The zero-order valence-electron chi connectivity index (χ0n) is 10.8. The number of carbonyl (C=O) groups is 1. The van der Waals surface area contributed by atoms with Gasteiger partial charge in [0, 0.05) is 13.1 Å². The summed E-state index contributed by atoms with van der Waals surface area (Å²) >= 11 is 0. The van der Waals surface area contributed by atoms with Gasteiger partial charge in [-0.25, -0.2) is 0 Å². The maximum atomic E-state index is 11.9. The fourth-order valence-electron chi connectivity index (χ4n) is 2.12. The molecule has 1 aliphatic heterocycles. The van der Waals surface area contributed by atoms with E-state index in [9.17, 15) is 4.79 Å². The summed E-state index contributed by atoms with van der Waals surface area (Å²) in [5.41, 5.74) is 0. The van der Waals surface area contributed by atoms with Crippen molar-refractivity contribution in [3.63, 3.8) is 0 Å². The predicted molar refractivity (Wildman–Crippen MR) is 65.8 cm³/mol. The summed E-state index contributed by atoms with van der Waals surface area (Å²) in [4.78, 5) is 18.0. The monoisotopic (exact) mass is 252 g/mol. The Labute approximate surface area is 107 Å². The number of hydrogen-bond acceptors (Lipinski definition) is 5. The molecule has 0 radical (unpaired) electrons. The average molecular weight is 252 g/mol. The van der Waals surface area contributed by atoms with Gasteiger partial charge in [-0.1, -0.05) is 18.0 Å². The van der Waals surface area contributed by atoms with Crippen LogP contribution in [0.2, 0.25) is 0 Å². The second-order valence-electron chi connectivity index (χ2n) is 4.63. The van der Waals surface area contributed by atoms with E-state index in [1.165, 1.54) is 12.8 Å². The van der Waals surface area contributed by atoms with Crippen molar-refractivity contribution in [3.8, 4) is 0 Å². The number of hydrogen-bond donors (Lipinski definition) is 1. The fourth-order valence-corrected chi connectivity index (χ4v) is 2.12. The van der Waals surface area contributed by atoms with E-state index in [1.54, 1.807) is 6.92 Å². The van der Waals surface area contributed by atoms with Crippen molar-refractivity contribution in [3.05, 3.63) is 11.7 Å². The summed E-state index contributed by atoms with van der Waals surface area (Å²) in [5, 5.41) is 6.74. The Morgan fingerprint density at radius 2 is 2.06 bits per heavy atom. The Balaban J connectivity index is 1.70. The van der Waals surface area contributed by atoms with Gasteiger partial charge in [-0.3, -0.25) is 10.1 Å². The van der Waals surface area contributed by atoms with E-state index < -0.39 is 0 Å². The Morgan fingerprint density at radius 1 is 1.33 bits per heavy atom. The lowest BCUT2D eigenvalue weighted by Crippen LogP contribution is -2.38. The summed E-state index contributed by atoms with van der Waals surface area (Å²) < 4.78 is 4.96. The molecule has 1 amide bonds. The van der Waals surface area contributed by atoms with Gasteiger partial charge in [-0.05, 0) is 19.8 Å². The van der Waals surface area contributed by atoms with Gasteiger partial charge in [0.05, 0.1) is 13.1 Å². The molecule has 0 spiro atoms. The third kappa shape index (κ3) is 3.80. The first kappa shape index (κ1) is 13.0. The standard InChI is InChI=1S/C12H20N4O2/c1-10-14-11(18-15-10)8-13-9-12(17)16-6-4-2-3-5-7-16/h13H,2-9H2,1H3. The molecule has 2 heterocycles. The van der Waals surface area contributed by atoms with Crippen LogP contribution in [0.25, 0.3) is 0 Å². The van der Waals surface area contributed by atoms with Crippen LogP contribution in [0, 0.1) is 6.92 Å². The molecule has 1 N–H and O–H groups in total. The topological polar surface area (TPSA) is 71.3 Å².